The molecule has 0 fully saturated rings. The number of nitrogens with two attached hydrogens (primary N) is 2. The van der Waals surface area contributed by atoms with Crippen molar-refractivity contribution in [2.24, 2.45) is 5.84 Å². The van der Waals surface area contributed by atoms with E-state index in [0.29, 0.717) is 4.57 Å². The molecule has 12 heteroatoms. The first-order valence-electron chi connectivity index (χ1n) is 7.34. The van der Waals surface area contributed by atoms with Crippen LogP contribution in [0.2, 0.25) is 5.15 Å². The third-order valence-corrected chi connectivity index (χ3v) is 3.83. The van der Waals surface area contributed by atoms with E-state index in [1.807, 2.05) is 0 Å². The number of nitrogens with one attached hydrogen (secondary N) is 1. The molecule has 0 unspecified atom stereocenters. The van der Waals surface area contributed by atoms with Crippen molar-refractivity contribution in [1.82, 2.24) is 19.5 Å². The van der Waals surface area contributed by atoms with Crippen LogP contribution < -0.4 is 27.8 Å². The van der Waals surface area contributed by atoms with Crippen LogP contribution in [0.1, 0.15) is 5.69 Å². The van der Waals surface area contributed by atoms with Gasteiger partial charge in [-0.05, 0) is 6.92 Å². The summed E-state index contributed by atoms with van der Waals surface area (Å²) in [6, 6.07) is 1.46. The molecule has 140 valence electrons. The van der Waals surface area contributed by atoms with E-state index < -0.39 is 22.9 Å². The molecule has 3 aromatic rings. The van der Waals surface area contributed by atoms with Gasteiger partial charge in [-0.15, -0.1) is 0 Å². The molecule has 0 spiro atoms. The fourth-order valence-corrected chi connectivity index (χ4v) is 2.59. The van der Waals surface area contributed by atoms with Crippen LogP contribution in [0.3, 0.4) is 0 Å². The average Bonchev–Trinajstić information content (AvgIpc) is 2.57. The summed E-state index contributed by atoms with van der Waals surface area (Å²) in [6.07, 6.45) is 2.37. The lowest BCUT2D eigenvalue weighted by atomic mass is 10.2. The zero-order chi connectivity index (χ0) is 19.9. The molecule has 3 rings (SSSR count). The van der Waals surface area contributed by atoms with Crippen LogP contribution in [-0.2, 0) is 0 Å². The number of hydrogen-bond donors (Lipinski definition) is 3. The number of rotatable bonds is 3. The fourth-order valence-electron chi connectivity index (χ4n) is 2.45. The van der Waals surface area contributed by atoms with E-state index in [-0.39, 0.29) is 33.7 Å². The second-order valence-corrected chi connectivity index (χ2v) is 5.83. The largest absolute Gasteiger partial charge is 0.397 e. The number of anilines is 3. The Morgan fingerprint density at radius 2 is 1.89 bits per heavy atom. The van der Waals surface area contributed by atoms with Crippen molar-refractivity contribution in [3.05, 3.63) is 67.8 Å². The van der Waals surface area contributed by atoms with Gasteiger partial charge in [0.05, 0.1) is 23.8 Å². The predicted octanol–water partition coefficient (Wildman–Crippen LogP) is 1.15. The lowest BCUT2D eigenvalue weighted by molar-refractivity contribution is 0.509. The molecule has 0 atom stereocenters. The van der Waals surface area contributed by atoms with Crippen LogP contribution in [-0.4, -0.2) is 19.5 Å². The topological polar surface area (TPSA) is 136 Å². The second-order valence-electron chi connectivity index (χ2n) is 5.44. The smallest absolute Gasteiger partial charge is 0.334 e. The molecule has 5 N–H and O–H groups in total. The highest BCUT2D eigenvalue weighted by Crippen LogP contribution is 2.29. The van der Waals surface area contributed by atoms with Crippen molar-refractivity contribution in [1.29, 1.82) is 0 Å². The molecular weight excluding hydrogens is 384 g/mol. The summed E-state index contributed by atoms with van der Waals surface area (Å²) in [5.74, 6) is 3.40. The first-order valence-corrected chi connectivity index (χ1v) is 7.71. The van der Waals surface area contributed by atoms with Gasteiger partial charge in [-0.2, -0.15) is 0 Å². The van der Waals surface area contributed by atoms with Crippen molar-refractivity contribution in [3.63, 3.8) is 0 Å². The molecule has 0 aliphatic heterocycles. The number of H-pyrrole nitrogens is 1. The van der Waals surface area contributed by atoms with Gasteiger partial charge in [0.1, 0.15) is 10.8 Å². The Balaban J connectivity index is 2.26. The molecule has 2 aromatic heterocycles. The van der Waals surface area contributed by atoms with E-state index in [2.05, 4.69) is 15.0 Å². The zero-order valence-corrected chi connectivity index (χ0v) is 14.5. The number of aromatic amines is 1. The standard InChI is InChI=1S/C15H12ClF2N7O2/c1-6-13(25(20)10-3-8(18)7(17)2-9(10)19)14(26)24(15(27)22-6)12-5-21-4-11(16)23-12/h2-5H,19-20H2,1H3,(H,22,27). The maximum atomic E-state index is 13.6. The molecule has 1 aromatic carbocycles. The van der Waals surface area contributed by atoms with Gasteiger partial charge >= 0.3 is 5.69 Å². The van der Waals surface area contributed by atoms with Crippen LogP contribution in [0.15, 0.2) is 34.1 Å². The van der Waals surface area contributed by atoms with E-state index in [1.165, 1.54) is 13.1 Å². The number of benzene rings is 1. The summed E-state index contributed by atoms with van der Waals surface area (Å²) in [5.41, 5.74) is 3.42. The minimum absolute atomic E-state index is 0.0459. The van der Waals surface area contributed by atoms with Crippen LogP contribution in [0.25, 0.3) is 5.82 Å². The highest BCUT2D eigenvalue weighted by molar-refractivity contribution is 6.29. The van der Waals surface area contributed by atoms with Gasteiger partial charge in [0.15, 0.2) is 17.5 Å². The summed E-state index contributed by atoms with van der Waals surface area (Å²) >= 11 is 5.75. The van der Waals surface area contributed by atoms with E-state index in [4.69, 9.17) is 23.2 Å². The van der Waals surface area contributed by atoms with Crippen molar-refractivity contribution in [3.8, 4) is 5.82 Å². The van der Waals surface area contributed by atoms with Crippen LogP contribution in [0.4, 0.5) is 25.8 Å². The van der Waals surface area contributed by atoms with Gasteiger partial charge in [0.25, 0.3) is 5.56 Å². The summed E-state index contributed by atoms with van der Waals surface area (Å²) in [4.78, 5) is 35.2. The molecule has 2 heterocycles. The summed E-state index contributed by atoms with van der Waals surface area (Å²) in [6.45, 7) is 1.40. The molecule has 0 aliphatic carbocycles. The van der Waals surface area contributed by atoms with Gasteiger partial charge in [-0.3, -0.25) is 14.8 Å². The number of halogens is 3. The quantitative estimate of drug-likeness (QED) is 0.344. The van der Waals surface area contributed by atoms with Crippen LogP contribution >= 0.6 is 11.6 Å². The van der Waals surface area contributed by atoms with E-state index in [9.17, 15) is 18.4 Å². The number of hydrazine groups is 1. The van der Waals surface area contributed by atoms with Crippen molar-refractivity contribution >= 4 is 28.7 Å². The van der Waals surface area contributed by atoms with Gasteiger partial charge < -0.3 is 10.7 Å². The number of nitrogen functional groups attached to an aromatic ring is 1. The Kier molecular flexibility index (Phi) is 4.64. The number of nitrogens with zero attached hydrogens (tertiary/aromatic N) is 4. The van der Waals surface area contributed by atoms with Crippen molar-refractivity contribution in [2.75, 3.05) is 10.7 Å². The second kappa shape index (κ2) is 6.78. The van der Waals surface area contributed by atoms with Gasteiger partial charge in [-0.25, -0.2) is 29.0 Å². The Hall–Kier alpha value is -3.31. The Morgan fingerprint density at radius 3 is 2.56 bits per heavy atom. The van der Waals surface area contributed by atoms with Gasteiger partial charge in [-0.1, -0.05) is 11.6 Å². The molecule has 0 saturated heterocycles. The van der Waals surface area contributed by atoms with E-state index in [0.717, 1.165) is 23.3 Å². The molecule has 0 radical (unpaired) electrons. The predicted molar refractivity (Wildman–Crippen MR) is 95.1 cm³/mol. The van der Waals surface area contributed by atoms with Crippen LogP contribution in [0, 0.1) is 18.6 Å². The monoisotopic (exact) mass is 395 g/mol. The molecule has 27 heavy (non-hydrogen) atoms. The average molecular weight is 396 g/mol. The van der Waals surface area contributed by atoms with Gasteiger partial charge in [0, 0.05) is 17.8 Å². The Morgan fingerprint density at radius 1 is 1.22 bits per heavy atom. The zero-order valence-electron chi connectivity index (χ0n) is 13.7. The summed E-state index contributed by atoms with van der Waals surface area (Å²) < 4.78 is 27.6. The lowest BCUT2D eigenvalue weighted by Crippen LogP contribution is -2.41. The van der Waals surface area contributed by atoms with E-state index in [1.54, 1.807) is 0 Å². The molecule has 0 bridgehead atoms. The van der Waals surface area contributed by atoms with Crippen molar-refractivity contribution in [2.45, 2.75) is 6.92 Å². The summed E-state index contributed by atoms with van der Waals surface area (Å²) in [7, 11) is 0. The first-order chi connectivity index (χ1) is 12.7. The SMILES string of the molecule is Cc1[nH]c(=O)n(-c2cncc(Cl)n2)c(=O)c1N(N)c1cc(F)c(F)cc1N. The minimum atomic E-state index is -1.21. The normalized spacial score (nSPS) is 10.9. The van der Waals surface area contributed by atoms with Crippen molar-refractivity contribution < 1.29 is 8.78 Å². The molecule has 0 aliphatic rings. The van der Waals surface area contributed by atoms with Crippen LogP contribution in [0.5, 0.6) is 0 Å². The fraction of sp³-hybridized carbons (Fsp3) is 0.0667. The Labute approximate surface area is 154 Å². The summed E-state index contributed by atoms with van der Waals surface area (Å²) in [5, 5.41) is 0.704. The highest BCUT2D eigenvalue weighted by Gasteiger charge is 2.21. The third kappa shape index (κ3) is 3.25. The van der Waals surface area contributed by atoms with E-state index >= 15 is 0 Å². The number of hydrogen-bond acceptors (Lipinski definition) is 7. The molecule has 0 saturated carbocycles. The highest BCUT2D eigenvalue weighted by atomic mass is 35.5. The number of aryl methyl sites for hydroxylation is 1. The molecule has 9 nitrogen and oxygen atoms in total. The Bertz CT molecular complexity index is 1160. The minimum Gasteiger partial charge on any atom is -0.397 e. The maximum Gasteiger partial charge on any atom is 0.334 e. The van der Waals surface area contributed by atoms with Gasteiger partial charge in [0.2, 0.25) is 0 Å². The third-order valence-electron chi connectivity index (χ3n) is 3.65. The first kappa shape index (κ1) is 18.5. The molecular formula is C15H12ClF2N7O2. The molecule has 0 amide bonds. The maximum absolute atomic E-state index is 13.6. The number of aromatic nitrogens is 4. The lowest BCUT2D eigenvalue weighted by Gasteiger charge is -2.22.